The minimum Gasteiger partial charge on any atom is -0.393 e. The molecule has 2 bridgehead atoms. The molecule has 3 aliphatic rings. The highest BCUT2D eigenvalue weighted by molar-refractivity contribution is 5.23. The molecule has 0 heterocycles. The van der Waals surface area contributed by atoms with E-state index in [4.69, 9.17) is 0 Å². The lowest BCUT2D eigenvalue weighted by atomic mass is 9.59. The van der Waals surface area contributed by atoms with Gasteiger partial charge in [-0.2, -0.15) is 0 Å². The van der Waals surface area contributed by atoms with E-state index in [2.05, 4.69) is 12.2 Å². The van der Waals surface area contributed by atoms with Gasteiger partial charge >= 0.3 is 0 Å². The van der Waals surface area contributed by atoms with Gasteiger partial charge in [-0.3, -0.25) is 0 Å². The first-order valence-electron chi connectivity index (χ1n) is 4.70. The summed E-state index contributed by atoms with van der Waals surface area (Å²) in [5.74, 6) is 1.47. The molecule has 0 saturated heterocycles. The second kappa shape index (κ2) is 1.71. The Kier molecular flexibility index (Phi) is 0.972. The zero-order valence-electron chi connectivity index (χ0n) is 6.66. The van der Waals surface area contributed by atoms with Crippen LogP contribution in [0.2, 0.25) is 0 Å². The van der Waals surface area contributed by atoms with Crippen LogP contribution in [0.15, 0.2) is 12.2 Å². The maximum Gasteiger partial charge on any atom is 0.0608 e. The lowest BCUT2D eigenvalue weighted by molar-refractivity contribution is -0.0904. The molecule has 60 valence electrons. The molecule has 11 heavy (non-hydrogen) atoms. The number of aliphatic hydroxyl groups is 1. The molecule has 1 N–H and O–H groups in total. The van der Waals surface area contributed by atoms with Gasteiger partial charge in [0.15, 0.2) is 0 Å². The maximum atomic E-state index is 9.74. The molecule has 2 fully saturated rings. The smallest absolute Gasteiger partial charge is 0.0608 e. The molecule has 0 aliphatic heterocycles. The van der Waals surface area contributed by atoms with Gasteiger partial charge in [0.2, 0.25) is 0 Å². The van der Waals surface area contributed by atoms with Crippen molar-refractivity contribution in [3.8, 4) is 0 Å². The normalized spacial score (nSPS) is 58.8. The van der Waals surface area contributed by atoms with E-state index in [1.165, 1.54) is 19.3 Å². The van der Waals surface area contributed by atoms with Crippen LogP contribution in [0.4, 0.5) is 0 Å². The van der Waals surface area contributed by atoms with Gasteiger partial charge in [0.25, 0.3) is 0 Å². The van der Waals surface area contributed by atoms with E-state index in [0.717, 1.165) is 18.3 Å². The van der Waals surface area contributed by atoms with Crippen LogP contribution < -0.4 is 0 Å². The Bertz CT molecular complexity index is 205. The van der Waals surface area contributed by atoms with Crippen molar-refractivity contribution in [1.29, 1.82) is 0 Å². The second-order valence-electron chi connectivity index (χ2n) is 4.34. The molecule has 0 amide bonds. The van der Waals surface area contributed by atoms with E-state index in [9.17, 15) is 5.11 Å². The number of aliphatic hydroxyl groups excluding tert-OH is 1. The molecule has 1 heteroatoms. The highest BCUT2D eigenvalue weighted by Gasteiger charge is 2.59. The first-order chi connectivity index (χ1) is 5.34. The highest BCUT2D eigenvalue weighted by atomic mass is 16.3. The third kappa shape index (κ3) is 0.506. The van der Waals surface area contributed by atoms with Crippen molar-refractivity contribution in [2.24, 2.45) is 17.3 Å². The van der Waals surface area contributed by atoms with Crippen molar-refractivity contribution >= 4 is 0 Å². The Morgan fingerprint density at radius 3 is 1.91 bits per heavy atom. The Morgan fingerprint density at radius 1 is 1.09 bits per heavy atom. The van der Waals surface area contributed by atoms with Crippen molar-refractivity contribution in [3.63, 3.8) is 0 Å². The molecule has 0 aromatic carbocycles. The van der Waals surface area contributed by atoms with E-state index in [1.807, 2.05) is 0 Å². The van der Waals surface area contributed by atoms with Crippen LogP contribution in [0.5, 0.6) is 0 Å². The van der Waals surface area contributed by atoms with Gasteiger partial charge in [-0.1, -0.05) is 12.2 Å². The van der Waals surface area contributed by atoms with Crippen LogP contribution in [0.25, 0.3) is 0 Å². The first-order valence-corrected chi connectivity index (χ1v) is 4.70. The molecule has 3 unspecified atom stereocenters. The summed E-state index contributed by atoms with van der Waals surface area (Å²) in [5.41, 5.74) is 0.347. The van der Waals surface area contributed by atoms with Crippen LogP contribution in [-0.4, -0.2) is 11.2 Å². The lowest BCUT2D eigenvalue weighted by Gasteiger charge is -2.48. The van der Waals surface area contributed by atoms with E-state index in [1.54, 1.807) is 0 Å². The van der Waals surface area contributed by atoms with Crippen molar-refractivity contribution in [1.82, 2.24) is 0 Å². The van der Waals surface area contributed by atoms with E-state index < -0.39 is 0 Å². The van der Waals surface area contributed by atoms with Crippen LogP contribution in [0.3, 0.4) is 0 Å². The predicted molar refractivity (Wildman–Crippen MR) is 43.0 cm³/mol. The Labute approximate surface area is 67.1 Å². The van der Waals surface area contributed by atoms with Gasteiger partial charge in [0.1, 0.15) is 0 Å². The number of rotatable bonds is 0. The van der Waals surface area contributed by atoms with Crippen molar-refractivity contribution in [2.45, 2.75) is 31.8 Å². The SMILES string of the molecule is OC1CCC12C1C=CC2CC1. The van der Waals surface area contributed by atoms with E-state index >= 15 is 0 Å². The standard InChI is InChI=1S/C10H14O/c11-9-5-6-10(9)7-1-2-8(10)4-3-7/h1-2,7-9,11H,3-6H2. The molecule has 3 atom stereocenters. The average Bonchev–Trinajstić information content (AvgIpc) is 2.57. The molecular weight excluding hydrogens is 136 g/mol. The number of allylic oxidation sites excluding steroid dienone is 2. The van der Waals surface area contributed by atoms with Crippen LogP contribution in [0, 0.1) is 17.3 Å². The number of hydrogen-bond acceptors (Lipinski definition) is 1. The summed E-state index contributed by atoms with van der Waals surface area (Å²) in [7, 11) is 0. The summed E-state index contributed by atoms with van der Waals surface area (Å²) in [4.78, 5) is 0. The summed E-state index contributed by atoms with van der Waals surface area (Å²) in [6.07, 6.45) is 9.70. The lowest BCUT2D eigenvalue weighted by Crippen LogP contribution is -2.48. The minimum atomic E-state index is 0.0231. The monoisotopic (exact) mass is 150 g/mol. The summed E-state index contributed by atoms with van der Waals surface area (Å²) >= 11 is 0. The third-order valence-corrected chi connectivity index (χ3v) is 4.22. The van der Waals surface area contributed by atoms with Gasteiger partial charge < -0.3 is 5.11 Å². The molecule has 3 aliphatic carbocycles. The van der Waals surface area contributed by atoms with Gasteiger partial charge in [0.05, 0.1) is 6.10 Å². The summed E-state index contributed by atoms with van der Waals surface area (Å²) in [6.45, 7) is 0. The van der Waals surface area contributed by atoms with Gasteiger partial charge in [-0.15, -0.1) is 0 Å². The van der Waals surface area contributed by atoms with Crippen molar-refractivity contribution in [3.05, 3.63) is 12.2 Å². The van der Waals surface area contributed by atoms with Crippen molar-refractivity contribution < 1.29 is 5.11 Å². The third-order valence-electron chi connectivity index (χ3n) is 4.22. The second-order valence-corrected chi connectivity index (χ2v) is 4.34. The van der Waals surface area contributed by atoms with E-state index in [-0.39, 0.29) is 6.10 Å². The van der Waals surface area contributed by atoms with Gasteiger partial charge in [0, 0.05) is 5.41 Å². The molecule has 2 saturated carbocycles. The molecule has 1 nitrogen and oxygen atoms in total. The first kappa shape index (κ1) is 6.24. The van der Waals surface area contributed by atoms with Crippen LogP contribution >= 0.6 is 0 Å². The minimum absolute atomic E-state index is 0.0231. The zero-order valence-corrected chi connectivity index (χ0v) is 6.66. The van der Waals surface area contributed by atoms with Gasteiger partial charge in [-0.25, -0.2) is 0 Å². The van der Waals surface area contributed by atoms with E-state index in [0.29, 0.717) is 5.41 Å². The van der Waals surface area contributed by atoms with Crippen LogP contribution in [-0.2, 0) is 0 Å². The quantitative estimate of drug-likeness (QED) is 0.521. The van der Waals surface area contributed by atoms with Gasteiger partial charge in [-0.05, 0) is 37.5 Å². The molecule has 0 aromatic heterocycles. The Morgan fingerprint density at radius 2 is 1.73 bits per heavy atom. The topological polar surface area (TPSA) is 20.2 Å². The predicted octanol–water partition coefficient (Wildman–Crippen LogP) is 1.72. The zero-order chi connectivity index (χ0) is 7.47. The summed E-state index contributed by atoms with van der Waals surface area (Å²) in [5, 5.41) is 9.74. The van der Waals surface area contributed by atoms with Crippen molar-refractivity contribution in [2.75, 3.05) is 0 Å². The highest BCUT2D eigenvalue weighted by Crippen LogP contribution is 2.63. The fourth-order valence-corrected chi connectivity index (χ4v) is 3.46. The molecule has 0 aromatic rings. The fraction of sp³-hybridized carbons (Fsp3) is 0.800. The molecular formula is C10H14O. The maximum absolute atomic E-state index is 9.74. The fourth-order valence-electron chi connectivity index (χ4n) is 3.46. The molecule has 3 rings (SSSR count). The largest absolute Gasteiger partial charge is 0.393 e. The Balaban J connectivity index is 2.00. The molecule has 0 radical (unpaired) electrons. The summed E-state index contributed by atoms with van der Waals surface area (Å²) in [6, 6.07) is 0. The van der Waals surface area contributed by atoms with Crippen LogP contribution in [0.1, 0.15) is 25.7 Å². The number of hydrogen-bond donors (Lipinski definition) is 1. The average molecular weight is 150 g/mol. The Hall–Kier alpha value is -0.300. The molecule has 1 spiro atoms. The summed E-state index contributed by atoms with van der Waals surface area (Å²) < 4.78 is 0.